The fourth-order valence-corrected chi connectivity index (χ4v) is 7.61. The fraction of sp³-hybridized carbons (Fsp3) is 0.442. The number of fused-ring (bicyclic) bond motifs is 1. The van der Waals surface area contributed by atoms with Crippen LogP contribution < -0.4 is 21.7 Å². The highest BCUT2D eigenvalue weighted by molar-refractivity contribution is 6.37. The Morgan fingerprint density at radius 3 is 2.37 bits per heavy atom. The van der Waals surface area contributed by atoms with Crippen LogP contribution in [-0.4, -0.2) is 105 Å². The lowest BCUT2D eigenvalue weighted by Crippen LogP contribution is -2.58. The number of amides is 5. The number of ketones is 1. The Labute approximate surface area is 347 Å². The van der Waals surface area contributed by atoms with Gasteiger partial charge in [0.25, 0.3) is 11.8 Å². The summed E-state index contributed by atoms with van der Waals surface area (Å²) < 4.78 is 12.2. The molecular weight excluding hydrogens is 773 g/mol. The van der Waals surface area contributed by atoms with E-state index in [-0.39, 0.29) is 39.0 Å². The van der Waals surface area contributed by atoms with Gasteiger partial charge in [-0.25, -0.2) is 9.48 Å². The van der Waals surface area contributed by atoms with Gasteiger partial charge in [0.1, 0.15) is 24.3 Å². The summed E-state index contributed by atoms with van der Waals surface area (Å²) in [6.07, 6.45) is 1.68. The molecule has 2 unspecified atom stereocenters. The maximum atomic E-state index is 14.8. The molecule has 2 aliphatic heterocycles. The smallest absolute Gasteiger partial charge is 0.407 e. The van der Waals surface area contributed by atoms with Gasteiger partial charge in [0.15, 0.2) is 0 Å². The second kappa shape index (κ2) is 18.8. The summed E-state index contributed by atoms with van der Waals surface area (Å²) in [5, 5.41) is 29.1. The zero-order chi connectivity index (χ0) is 43.0. The molecule has 3 heterocycles. The molecule has 0 aliphatic carbocycles. The zero-order valence-electron chi connectivity index (χ0n) is 34.0. The van der Waals surface area contributed by atoms with E-state index < -0.39 is 70.7 Å². The van der Waals surface area contributed by atoms with E-state index >= 15 is 0 Å². The number of nitrogens with zero attached hydrogens (tertiary/aromatic N) is 4. The molecule has 0 spiro atoms. The van der Waals surface area contributed by atoms with E-state index in [1.165, 1.54) is 15.8 Å². The summed E-state index contributed by atoms with van der Waals surface area (Å²) in [4.78, 5) is 81.8. The Morgan fingerprint density at radius 2 is 1.68 bits per heavy atom. The number of Topliss-reactive ketones (excluding diaryl/α,β-unsaturated/α-hetero) is 1. The van der Waals surface area contributed by atoms with Crippen molar-refractivity contribution in [3.63, 3.8) is 0 Å². The number of carbonyl (C=O) groups is 6. The minimum absolute atomic E-state index is 0.00221. The predicted octanol–water partition coefficient (Wildman–Crippen LogP) is 2.66. The van der Waals surface area contributed by atoms with Crippen molar-refractivity contribution in [3.8, 4) is 0 Å². The lowest BCUT2D eigenvalue weighted by atomic mass is 9.81. The van der Waals surface area contributed by atoms with Crippen molar-refractivity contribution in [2.75, 3.05) is 26.3 Å². The normalized spacial score (nSPS) is 18.2. The number of ether oxygens (including phenoxy) is 2. The first-order chi connectivity index (χ1) is 28.6. The summed E-state index contributed by atoms with van der Waals surface area (Å²) in [6, 6.07) is 17.8. The van der Waals surface area contributed by atoms with E-state index in [1.54, 1.807) is 26.0 Å². The van der Waals surface area contributed by atoms with E-state index in [1.807, 2.05) is 67.6 Å². The van der Waals surface area contributed by atoms with Crippen LogP contribution in [0, 0.1) is 5.41 Å². The molecule has 2 fully saturated rings. The number of hydrogen-bond donors (Lipinski definition) is 5. The first kappa shape index (κ1) is 43.4. The quantitative estimate of drug-likeness (QED) is 0.0723. The van der Waals surface area contributed by atoms with Gasteiger partial charge in [-0.2, -0.15) is 0 Å². The van der Waals surface area contributed by atoms with Crippen molar-refractivity contribution in [2.24, 2.45) is 11.1 Å². The van der Waals surface area contributed by atoms with Gasteiger partial charge in [0.2, 0.25) is 17.6 Å². The Balaban J connectivity index is 1.19. The average molecular weight is 825 g/mol. The Hall–Kier alpha value is -6.20. The largest absolute Gasteiger partial charge is 0.445 e. The Morgan fingerprint density at radius 1 is 0.967 bits per heavy atom. The lowest BCUT2D eigenvalue weighted by molar-refractivity contribution is -0.145. The molecule has 17 heteroatoms. The summed E-state index contributed by atoms with van der Waals surface area (Å²) in [5.74, 6) is -4.02. The molecular formula is C43H52N8O9. The molecule has 17 nitrogen and oxygen atoms in total. The van der Waals surface area contributed by atoms with Gasteiger partial charge in [-0.3, -0.25) is 24.0 Å². The van der Waals surface area contributed by atoms with Gasteiger partial charge in [-0.05, 0) is 68.0 Å². The number of benzene rings is 3. The first-order valence-corrected chi connectivity index (χ1v) is 20.0. The third-order valence-electron chi connectivity index (χ3n) is 10.9. The Bertz CT molecular complexity index is 2200. The first-order valence-electron chi connectivity index (χ1n) is 20.0. The van der Waals surface area contributed by atoms with Crippen molar-refractivity contribution in [3.05, 3.63) is 95.8 Å². The molecule has 6 N–H and O–H groups in total. The number of nitrogens with two attached hydrogens (primary N) is 1. The summed E-state index contributed by atoms with van der Waals surface area (Å²) in [7, 11) is 0. The van der Waals surface area contributed by atoms with Crippen LogP contribution in [0.1, 0.15) is 80.5 Å². The summed E-state index contributed by atoms with van der Waals surface area (Å²) in [6.45, 7) is 6.04. The molecule has 0 radical (unpaired) electrons. The van der Waals surface area contributed by atoms with E-state index in [0.717, 1.165) is 16.3 Å². The summed E-state index contributed by atoms with van der Waals surface area (Å²) >= 11 is 0. The van der Waals surface area contributed by atoms with Gasteiger partial charge in [-0.1, -0.05) is 72.8 Å². The van der Waals surface area contributed by atoms with Crippen molar-refractivity contribution in [2.45, 2.75) is 89.3 Å². The van der Waals surface area contributed by atoms with Gasteiger partial charge < -0.3 is 41.2 Å². The monoisotopic (exact) mass is 824 g/mol. The number of aliphatic hydroxyl groups is 1. The van der Waals surface area contributed by atoms with Crippen LogP contribution in [-0.2, 0) is 40.9 Å². The van der Waals surface area contributed by atoms with Crippen molar-refractivity contribution in [1.29, 1.82) is 0 Å². The van der Waals surface area contributed by atoms with Crippen molar-refractivity contribution in [1.82, 2.24) is 35.8 Å². The van der Waals surface area contributed by atoms with E-state index in [2.05, 4.69) is 26.3 Å². The minimum Gasteiger partial charge on any atom is -0.445 e. The lowest BCUT2D eigenvalue weighted by Gasteiger charge is -2.41. The molecule has 4 aromatic rings. The van der Waals surface area contributed by atoms with Crippen molar-refractivity contribution >= 4 is 46.3 Å². The SMILES string of the molecule is CC1(CC(NC(=O)c2ccc3ccccc3c2)C(=O)N2C[C@@H](n3nncc3C(C)(C)O)C[C@H]2C(=O)NC(CCCCNC(=O)OCc2ccccc2)C(=O)C(N)=O)COC1. The molecule has 3 aromatic carbocycles. The van der Waals surface area contributed by atoms with Gasteiger partial charge in [-0.15, -0.1) is 5.10 Å². The molecule has 6 rings (SSSR count). The van der Waals surface area contributed by atoms with E-state index in [4.69, 9.17) is 15.2 Å². The number of aromatic nitrogens is 3. The molecule has 318 valence electrons. The highest BCUT2D eigenvalue weighted by atomic mass is 16.5. The van der Waals surface area contributed by atoms with E-state index in [9.17, 15) is 33.9 Å². The number of rotatable bonds is 18. The average Bonchev–Trinajstić information content (AvgIpc) is 3.90. The van der Waals surface area contributed by atoms with E-state index in [0.29, 0.717) is 37.3 Å². The van der Waals surface area contributed by atoms with Crippen molar-refractivity contribution < 1.29 is 43.3 Å². The molecule has 2 saturated heterocycles. The molecule has 5 amide bonds. The van der Waals surface area contributed by atoms with Gasteiger partial charge >= 0.3 is 6.09 Å². The number of hydrogen-bond acceptors (Lipinski definition) is 11. The van der Waals surface area contributed by atoms with Crippen LogP contribution in [0.2, 0.25) is 0 Å². The van der Waals surface area contributed by atoms with Crippen LogP contribution in [0.4, 0.5) is 4.79 Å². The predicted molar refractivity (Wildman–Crippen MR) is 218 cm³/mol. The highest BCUT2D eigenvalue weighted by Crippen LogP contribution is 2.35. The number of carbonyl (C=O) groups excluding carboxylic acids is 6. The van der Waals surface area contributed by atoms with Crippen LogP contribution in [0.5, 0.6) is 0 Å². The second-order valence-electron chi connectivity index (χ2n) is 16.4. The molecule has 60 heavy (non-hydrogen) atoms. The van der Waals surface area contributed by atoms with Crippen LogP contribution in [0.15, 0.2) is 79.0 Å². The van der Waals surface area contributed by atoms with Crippen LogP contribution in [0.3, 0.4) is 0 Å². The number of nitrogens with one attached hydrogen (secondary N) is 3. The molecule has 0 bridgehead atoms. The molecule has 1 aromatic heterocycles. The third kappa shape index (κ3) is 10.7. The molecule has 4 atom stereocenters. The molecule has 2 aliphatic rings. The molecule has 0 saturated carbocycles. The Kier molecular flexibility index (Phi) is 13.6. The van der Waals surface area contributed by atoms with Gasteiger partial charge in [0, 0.05) is 30.5 Å². The van der Waals surface area contributed by atoms with Crippen LogP contribution >= 0.6 is 0 Å². The van der Waals surface area contributed by atoms with Crippen LogP contribution in [0.25, 0.3) is 10.8 Å². The number of primary amides is 1. The minimum atomic E-state index is -1.37. The standard InChI is InChI=1S/C43H52N8O9/c1-42(2,58)35-22-46-49-51(35)31-20-34(39(55)47-32(36(52)37(44)53)15-9-10-18-45-41(57)60-24-27-11-5-4-6-12-27)50(23-31)40(56)33(21-43(3)25-59-26-43)48-38(54)30-17-16-28-13-7-8-14-29(28)19-30/h4-8,11-14,16-17,19,22,31-34,58H,9-10,15,18,20-21,23-26H2,1-3H3,(H2,44,53)(H,45,57)(H,47,55)(H,48,54)/t31-,32?,33?,34-/m0/s1. The number of alkyl carbamates (subject to hydrolysis) is 1. The zero-order valence-corrected chi connectivity index (χ0v) is 34.0. The fourth-order valence-electron chi connectivity index (χ4n) is 7.61. The maximum Gasteiger partial charge on any atom is 0.407 e. The maximum absolute atomic E-state index is 14.8. The third-order valence-corrected chi connectivity index (χ3v) is 10.9. The highest BCUT2D eigenvalue weighted by Gasteiger charge is 2.47. The second-order valence-corrected chi connectivity index (χ2v) is 16.4. The number of likely N-dealkylation sites (tertiary alicyclic amines) is 1. The van der Waals surface area contributed by atoms with Gasteiger partial charge in [0.05, 0.1) is 37.2 Å². The summed E-state index contributed by atoms with van der Waals surface area (Å²) in [5.41, 5.74) is 5.11. The number of unbranched alkanes of at least 4 members (excludes halogenated alkanes) is 1. The topological polar surface area (TPSA) is 237 Å².